The summed E-state index contributed by atoms with van der Waals surface area (Å²) in [5, 5.41) is 21.6. The molecule has 0 saturated carbocycles. The lowest BCUT2D eigenvalue weighted by atomic mass is 9.98. The zero-order valence-corrected chi connectivity index (χ0v) is 9.56. The second-order valence-electron chi connectivity index (χ2n) is 3.68. The number of hydrogen-bond donors (Lipinski definition) is 2. The summed E-state index contributed by atoms with van der Waals surface area (Å²) < 4.78 is 0. The van der Waals surface area contributed by atoms with Crippen LogP contribution in [-0.4, -0.2) is 27.2 Å². The molecule has 5 heteroatoms. The van der Waals surface area contributed by atoms with Crippen LogP contribution in [-0.2, 0) is 0 Å². The number of nitriles is 1. The molecule has 0 bridgehead atoms. The Kier molecular flexibility index (Phi) is 4.20. The normalized spacial score (nSPS) is 10.9. The van der Waals surface area contributed by atoms with E-state index < -0.39 is 5.60 Å². The van der Waals surface area contributed by atoms with E-state index in [1.54, 1.807) is 0 Å². The van der Waals surface area contributed by atoms with Crippen LogP contribution in [0.15, 0.2) is 12.4 Å². The van der Waals surface area contributed by atoms with Gasteiger partial charge in [-0.3, -0.25) is 0 Å². The Morgan fingerprint density at radius 1 is 1.38 bits per heavy atom. The lowest BCUT2D eigenvalue weighted by molar-refractivity contribution is 0.0456. The summed E-state index contributed by atoms with van der Waals surface area (Å²) >= 11 is 0. The monoisotopic (exact) mass is 220 g/mol. The minimum atomic E-state index is -0.713. The van der Waals surface area contributed by atoms with Crippen molar-refractivity contribution in [2.75, 3.05) is 11.9 Å². The maximum absolute atomic E-state index is 10.0. The molecule has 0 fully saturated rings. The van der Waals surface area contributed by atoms with Crippen molar-refractivity contribution in [3.05, 3.63) is 18.1 Å². The summed E-state index contributed by atoms with van der Waals surface area (Å²) in [7, 11) is 0. The third-order valence-corrected chi connectivity index (χ3v) is 2.68. The van der Waals surface area contributed by atoms with Crippen molar-refractivity contribution >= 4 is 5.82 Å². The Morgan fingerprint density at radius 3 is 2.50 bits per heavy atom. The second kappa shape index (κ2) is 5.42. The standard InChI is InChI=1S/C11H16N4O/c1-3-11(16,4-2)8-15-10-7-13-9(5-12)6-14-10/h6-7,16H,3-4,8H2,1-2H3,(H,14,15). The van der Waals surface area contributed by atoms with Gasteiger partial charge in [0.1, 0.15) is 11.9 Å². The summed E-state index contributed by atoms with van der Waals surface area (Å²) in [5.41, 5.74) is -0.429. The fourth-order valence-corrected chi connectivity index (χ4v) is 1.23. The van der Waals surface area contributed by atoms with E-state index >= 15 is 0 Å². The molecule has 86 valence electrons. The van der Waals surface area contributed by atoms with Gasteiger partial charge in [0.2, 0.25) is 0 Å². The van der Waals surface area contributed by atoms with E-state index in [1.807, 2.05) is 19.9 Å². The molecule has 0 atom stereocenters. The number of hydrogen-bond acceptors (Lipinski definition) is 5. The highest BCUT2D eigenvalue weighted by atomic mass is 16.3. The van der Waals surface area contributed by atoms with Gasteiger partial charge in [0.15, 0.2) is 5.69 Å². The zero-order chi connectivity index (χ0) is 12.0. The van der Waals surface area contributed by atoms with E-state index in [4.69, 9.17) is 5.26 Å². The number of nitrogens with zero attached hydrogens (tertiary/aromatic N) is 3. The van der Waals surface area contributed by atoms with Crippen molar-refractivity contribution in [1.29, 1.82) is 5.26 Å². The molecule has 0 aliphatic heterocycles. The molecule has 1 aromatic rings. The molecule has 1 heterocycles. The van der Waals surface area contributed by atoms with Gasteiger partial charge in [0, 0.05) is 6.54 Å². The van der Waals surface area contributed by atoms with Gasteiger partial charge in [-0.25, -0.2) is 9.97 Å². The molecule has 2 N–H and O–H groups in total. The third kappa shape index (κ3) is 3.17. The molecule has 0 aliphatic carbocycles. The molecular formula is C11H16N4O. The molecule has 0 aromatic carbocycles. The van der Waals surface area contributed by atoms with Gasteiger partial charge >= 0.3 is 0 Å². The van der Waals surface area contributed by atoms with Gasteiger partial charge < -0.3 is 10.4 Å². The van der Waals surface area contributed by atoms with Crippen LogP contribution < -0.4 is 5.32 Å². The number of rotatable bonds is 5. The van der Waals surface area contributed by atoms with Crippen molar-refractivity contribution in [2.45, 2.75) is 32.3 Å². The summed E-state index contributed by atoms with van der Waals surface area (Å²) in [6, 6.07) is 1.90. The molecule has 1 aromatic heterocycles. The number of anilines is 1. The van der Waals surface area contributed by atoms with Crippen LogP contribution in [0.1, 0.15) is 32.4 Å². The average molecular weight is 220 g/mol. The van der Waals surface area contributed by atoms with Crippen molar-refractivity contribution in [3.8, 4) is 6.07 Å². The minimum absolute atomic E-state index is 0.284. The van der Waals surface area contributed by atoms with Crippen LogP contribution in [0.4, 0.5) is 5.82 Å². The first-order chi connectivity index (χ1) is 7.63. The second-order valence-corrected chi connectivity index (χ2v) is 3.68. The molecule has 0 unspecified atom stereocenters. The fourth-order valence-electron chi connectivity index (χ4n) is 1.23. The quantitative estimate of drug-likeness (QED) is 0.781. The molecule has 0 radical (unpaired) electrons. The number of aliphatic hydroxyl groups is 1. The zero-order valence-electron chi connectivity index (χ0n) is 9.56. The molecule has 0 saturated heterocycles. The fraction of sp³-hybridized carbons (Fsp3) is 0.545. The maximum Gasteiger partial charge on any atom is 0.158 e. The van der Waals surface area contributed by atoms with E-state index in [0.29, 0.717) is 25.2 Å². The molecular weight excluding hydrogens is 204 g/mol. The largest absolute Gasteiger partial charge is 0.388 e. The van der Waals surface area contributed by atoms with E-state index in [1.165, 1.54) is 12.4 Å². The Labute approximate surface area is 95.2 Å². The van der Waals surface area contributed by atoms with Crippen LogP contribution in [0.25, 0.3) is 0 Å². The SMILES string of the molecule is CCC(O)(CC)CNc1cnc(C#N)cn1. The third-order valence-electron chi connectivity index (χ3n) is 2.68. The topological polar surface area (TPSA) is 81.8 Å². The highest BCUT2D eigenvalue weighted by molar-refractivity contribution is 5.33. The lowest BCUT2D eigenvalue weighted by Crippen LogP contribution is -2.35. The molecule has 1 rings (SSSR count). The lowest BCUT2D eigenvalue weighted by Gasteiger charge is -2.25. The smallest absolute Gasteiger partial charge is 0.158 e. The van der Waals surface area contributed by atoms with Crippen molar-refractivity contribution in [1.82, 2.24) is 9.97 Å². The first-order valence-corrected chi connectivity index (χ1v) is 5.32. The van der Waals surface area contributed by atoms with Crippen molar-refractivity contribution in [3.63, 3.8) is 0 Å². The minimum Gasteiger partial charge on any atom is -0.388 e. The predicted molar refractivity (Wildman–Crippen MR) is 60.8 cm³/mol. The maximum atomic E-state index is 10.0. The molecule has 0 amide bonds. The van der Waals surface area contributed by atoms with Gasteiger partial charge in [-0.2, -0.15) is 5.26 Å². The Balaban J connectivity index is 2.58. The van der Waals surface area contributed by atoms with E-state index in [9.17, 15) is 5.11 Å². The highest BCUT2D eigenvalue weighted by Gasteiger charge is 2.21. The van der Waals surface area contributed by atoms with Crippen LogP contribution in [0.5, 0.6) is 0 Å². The Bertz CT molecular complexity index is 365. The predicted octanol–water partition coefficient (Wildman–Crippen LogP) is 1.31. The number of nitrogens with one attached hydrogen (secondary N) is 1. The van der Waals surface area contributed by atoms with E-state index in [0.717, 1.165) is 0 Å². The van der Waals surface area contributed by atoms with Gasteiger partial charge in [-0.05, 0) is 12.8 Å². The first-order valence-electron chi connectivity index (χ1n) is 5.32. The van der Waals surface area contributed by atoms with Gasteiger partial charge in [0.25, 0.3) is 0 Å². The Hall–Kier alpha value is -1.67. The van der Waals surface area contributed by atoms with Gasteiger partial charge in [-0.15, -0.1) is 0 Å². The van der Waals surface area contributed by atoms with E-state index in [-0.39, 0.29) is 5.69 Å². The molecule has 0 spiro atoms. The van der Waals surface area contributed by atoms with Crippen LogP contribution in [0.3, 0.4) is 0 Å². The summed E-state index contributed by atoms with van der Waals surface area (Å²) in [6.45, 7) is 4.31. The number of aromatic nitrogens is 2. The van der Waals surface area contributed by atoms with Crippen molar-refractivity contribution in [2.24, 2.45) is 0 Å². The summed E-state index contributed by atoms with van der Waals surface area (Å²) in [5.74, 6) is 0.569. The Morgan fingerprint density at radius 2 is 2.06 bits per heavy atom. The molecule has 16 heavy (non-hydrogen) atoms. The van der Waals surface area contributed by atoms with Gasteiger partial charge in [-0.1, -0.05) is 13.8 Å². The van der Waals surface area contributed by atoms with Gasteiger partial charge in [0.05, 0.1) is 18.0 Å². The highest BCUT2D eigenvalue weighted by Crippen LogP contribution is 2.15. The average Bonchev–Trinajstić information content (AvgIpc) is 2.36. The first kappa shape index (κ1) is 12.4. The van der Waals surface area contributed by atoms with E-state index in [2.05, 4.69) is 15.3 Å². The molecule has 0 aliphatic rings. The van der Waals surface area contributed by atoms with Crippen molar-refractivity contribution < 1.29 is 5.11 Å². The summed E-state index contributed by atoms with van der Waals surface area (Å²) in [4.78, 5) is 7.90. The van der Waals surface area contributed by atoms with Crippen LogP contribution >= 0.6 is 0 Å². The molecule has 5 nitrogen and oxygen atoms in total. The van der Waals surface area contributed by atoms with Crippen LogP contribution in [0, 0.1) is 11.3 Å². The summed E-state index contributed by atoms with van der Waals surface area (Å²) in [6.07, 6.45) is 4.25. The van der Waals surface area contributed by atoms with Crippen LogP contribution in [0.2, 0.25) is 0 Å².